The Balaban J connectivity index is 0.00000341. The summed E-state index contributed by atoms with van der Waals surface area (Å²) >= 11 is 7.70. The number of hydrogen-bond donors (Lipinski definition) is 1. The van der Waals surface area contributed by atoms with Gasteiger partial charge >= 0.3 is 0 Å². The van der Waals surface area contributed by atoms with Crippen molar-refractivity contribution in [3.8, 4) is 0 Å². The molecule has 0 spiro atoms. The standard InChI is InChI=1S/C22H30ClN5OS.HI/c1-24-22(25-10-9-17-5-4-6-18(15-17)21(29)26(2)3)28-13-11-27(12-14-28)16-19-7-8-20(23)30-19;/h4-8,15H,9-14,16H2,1-3H3,(H,24,25);1H. The van der Waals surface area contributed by atoms with Gasteiger partial charge in [-0.25, -0.2) is 0 Å². The second-order valence-electron chi connectivity index (χ2n) is 7.59. The number of piperazine rings is 1. The number of nitrogens with one attached hydrogen (secondary N) is 1. The smallest absolute Gasteiger partial charge is 0.253 e. The van der Waals surface area contributed by atoms with E-state index in [1.54, 1.807) is 30.3 Å². The number of guanidine groups is 1. The van der Waals surface area contributed by atoms with Crippen molar-refractivity contribution in [3.05, 3.63) is 56.7 Å². The van der Waals surface area contributed by atoms with Gasteiger partial charge in [-0.1, -0.05) is 23.7 Å². The third-order valence-electron chi connectivity index (χ3n) is 5.17. The molecule has 0 saturated carbocycles. The van der Waals surface area contributed by atoms with E-state index in [0.29, 0.717) is 0 Å². The second kappa shape index (κ2) is 12.6. The van der Waals surface area contributed by atoms with Crippen LogP contribution in [-0.2, 0) is 13.0 Å². The lowest BCUT2D eigenvalue weighted by Gasteiger charge is -2.36. The fourth-order valence-electron chi connectivity index (χ4n) is 3.54. The van der Waals surface area contributed by atoms with Crippen molar-refractivity contribution in [2.75, 3.05) is 53.9 Å². The summed E-state index contributed by atoms with van der Waals surface area (Å²) in [5, 5.41) is 3.47. The summed E-state index contributed by atoms with van der Waals surface area (Å²) in [6, 6.07) is 11.9. The molecule has 2 aromatic rings. The predicted octanol–water partition coefficient (Wildman–Crippen LogP) is 3.66. The van der Waals surface area contributed by atoms with Crippen LogP contribution in [0.4, 0.5) is 0 Å². The maximum Gasteiger partial charge on any atom is 0.253 e. The number of aliphatic imine (C=N–C) groups is 1. The molecule has 1 amide bonds. The van der Waals surface area contributed by atoms with Gasteiger partial charge in [0.1, 0.15) is 0 Å². The van der Waals surface area contributed by atoms with Crippen LogP contribution in [0.5, 0.6) is 0 Å². The van der Waals surface area contributed by atoms with Crippen LogP contribution in [0.25, 0.3) is 0 Å². The molecule has 2 heterocycles. The van der Waals surface area contributed by atoms with Gasteiger partial charge in [0.2, 0.25) is 0 Å². The summed E-state index contributed by atoms with van der Waals surface area (Å²) in [5.74, 6) is 0.970. The monoisotopic (exact) mass is 575 g/mol. The molecule has 31 heavy (non-hydrogen) atoms. The number of halogens is 2. The second-order valence-corrected chi connectivity index (χ2v) is 9.39. The van der Waals surface area contributed by atoms with Crippen molar-refractivity contribution >= 4 is 58.8 Å². The number of amides is 1. The van der Waals surface area contributed by atoms with Crippen LogP contribution in [0.1, 0.15) is 20.8 Å². The van der Waals surface area contributed by atoms with Gasteiger partial charge in [0.15, 0.2) is 5.96 Å². The molecule has 170 valence electrons. The molecule has 0 bridgehead atoms. The maximum absolute atomic E-state index is 12.1. The molecule has 6 nitrogen and oxygen atoms in total. The molecular weight excluding hydrogens is 545 g/mol. The van der Waals surface area contributed by atoms with Crippen molar-refractivity contribution in [1.82, 2.24) is 20.0 Å². The zero-order chi connectivity index (χ0) is 21.5. The molecule has 3 rings (SSSR count). The zero-order valence-electron chi connectivity index (χ0n) is 18.3. The Kier molecular flexibility index (Phi) is 10.5. The lowest BCUT2D eigenvalue weighted by Crippen LogP contribution is -2.52. The summed E-state index contributed by atoms with van der Waals surface area (Å²) in [4.78, 5) is 24.3. The molecule has 1 aromatic heterocycles. The third-order valence-corrected chi connectivity index (χ3v) is 6.38. The van der Waals surface area contributed by atoms with E-state index in [4.69, 9.17) is 11.6 Å². The van der Waals surface area contributed by atoms with Gasteiger partial charge in [-0.05, 0) is 36.2 Å². The Morgan fingerprint density at radius 2 is 1.94 bits per heavy atom. The van der Waals surface area contributed by atoms with E-state index in [-0.39, 0.29) is 29.9 Å². The number of thiophene rings is 1. The molecular formula is C22H31ClIN5OS. The minimum Gasteiger partial charge on any atom is -0.356 e. The zero-order valence-corrected chi connectivity index (χ0v) is 22.2. The number of benzene rings is 1. The first-order valence-electron chi connectivity index (χ1n) is 10.2. The van der Waals surface area contributed by atoms with Crippen LogP contribution in [0, 0.1) is 0 Å². The Morgan fingerprint density at radius 1 is 1.19 bits per heavy atom. The summed E-state index contributed by atoms with van der Waals surface area (Å²) < 4.78 is 0.852. The van der Waals surface area contributed by atoms with Crippen molar-refractivity contribution in [2.45, 2.75) is 13.0 Å². The predicted molar refractivity (Wildman–Crippen MR) is 141 cm³/mol. The van der Waals surface area contributed by atoms with E-state index in [9.17, 15) is 4.79 Å². The van der Waals surface area contributed by atoms with Crippen LogP contribution in [0.15, 0.2) is 41.4 Å². The van der Waals surface area contributed by atoms with Gasteiger partial charge in [0.05, 0.1) is 4.34 Å². The largest absolute Gasteiger partial charge is 0.356 e. The molecule has 1 aliphatic rings. The number of hydrogen-bond acceptors (Lipinski definition) is 4. The van der Waals surface area contributed by atoms with Crippen LogP contribution in [-0.4, -0.2) is 80.4 Å². The van der Waals surface area contributed by atoms with Gasteiger partial charge in [0, 0.05) is 70.9 Å². The SMILES string of the molecule is CN=C(NCCc1cccc(C(=O)N(C)C)c1)N1CCN(Cc2ccc(Cl)s2)CC1.I. The molecule has 1 aromatic carbocycles. The fourth-order valence-corrected chi connectivity index (χ4v) is 4.67. The van der Waals surface area contributed by atoms with Crippen molar-refractivity contribution in [1.29, 1.82) is 0 Å². The van der Waals surface area contributed by atoms with Crippen molar-refractivity contribution < 1.29 is 4.79 Å². The number of nitrogens with zero attached hydrogens (tertiary/aromatic N) is 4. The minimum absolute atomic E-state index is 0. The minimum atomic E-state index is 0. The normalized spacial score (nSPS) is 14.8. The highest BCUT2D eigenvalue weighted by Crippen LogP contribution is 2.23. The van der Waals surface area contributed by atoms with E-state index in [2.05, 4.69) is 32.2 Å². The molecule has 1 saturated heterocycles. The topological polar surface area (TPSA) is 51.2 Å². The maximum atomic E-state index is 12.1. The van der Waals surface area contributed by atoms with E-state index < -0.39 is 0 Å². The molecule has 1 aliphatic heterocycles. The van der Waals surface area contributed by atoms with Gasteiger partial charge in [-0.15, -0.1) is 35.3 Å². The van der Waals surface area contributed by atoms with E-state index in [1.165, 1.54) is 4.88 Å². The van der Waals surface area contributed by atoms with Gasteiger partial charge in [-0.3, -0.25) is 14.7 Å². The van der Waals surface area contributed by atoms with Crippen LogP contribution < -0.4 is 5.32 Å². The van der Waals surface area contributed by atoms with Gasteiger partial charge in [0.25, 0.3) is 5.91 Å². The van der Waals surface area contributed by atoms with Crippen molar-refractivity contribution in [3.63, 3.8) is 0 Å². The average Bonchev–Trinajstić information content (AvgIpc) is 3.16. The summed E-state index contributed by atoms with van der Waals surface area (Å²) in [6.45, 7) is 5.65. The first-order chi connectivity index (χ1) is 14.5. The number of rotatable bonds is 6. The highest BCUT2D eigenvalue weighted by Gasteiger charge is 2.20. The van der Waals surface area contributed by atoms with E-state index >= 15 is 0 Å². The first-order valence-corrected chi connectivity index (χ1v) is 11.4. The number of carbonyl (C=O) groups excluding carboxylic acids is 1. The Bertz CT molecular complexity index is 880. The van der Waals surface area contributed by atoms with Crippen molar-refractivity contribution in [2.24, 2.45) is 4.99 Å². The highest BCUT2D eigenvalue weighted by atomic mass is 127. The van der Waals surface area contributed by atoms with Crippen LogP contribution >= 0.6 is 46.9 Å². The third kappa shape index (κ3) is 7.62. The molecule has 1 N–H and O–H groups in total. The molecule has 0 atom stereocenters. The summed E-state index contributed by atoms with van der Waals surface area (Å²) in [5.41, 5.74) is 1.87. The lowest BCUT2D eigenvalue weighted by atomic mass is 10.1. The molecule has 1 fully saturated rings. The first kappa shape index (κ1) is 25.9. The molecule has 0 unspecified atom stereocenters. The van der Waals surface area contributed by atoms with E-state index in [1.807, 2.05) is 31.3 Å². The summed E-state index contributed by atoms with van der Waals surface area (Å²) in [7, 11) is 5.38. The molecule has 0 radical (unpaired) electrons. The van der Waals surface area contributed by atoms with Gasteiger partial charge < -0.3 is 15.1 Å². The molecule has 0 aliphatic carbocycles. The van der Waals surface area contributed by atoms with Crippen LogP contribution in [0.3, 0.4) is 0 Å². The number of carbonyl (C=O) groups is 1. The molecule has 9 heteroatoms. The quantitative estimate of drug-likeness (QED) is 0.325. The van der Waals surface area contributed by atoms with Gasteiger partial charge in [-0.2, -0.15) is 0 Å². The Hall–Kier alpha value is -1.36. The fraction of sp³-hybridized carbons (Fsp3) is 0.455. The van der Waals surface area contributed by atoms with E-state index in [0.717, 1.165) is 67.1 Å². The average molecular weight is 576 g/mol. The lowest BCUT2D eigenvalue weighted by molar-refractivity contribution is 0.0827. The Labute approximate surface area is 211 Å². The summed E-state index contributed by atoms with van der Waals surface area (Å²) in [6.07, 6.45) is 0.840. The van der Waals surface area contributed by atoms with Crippen LogP contribution in [0.2, 0.25) is 4.34 Å². The Morgan fingerprint density at radius 3 is 2.55 bits per heavy atom. The highest BCUT2D eigenvalue weighted by molar-refractivity contribution is 14.0.